The number of carbonyl (C=O) groups is 2. The second-order valence-corrected chi connectivity index (χ2v) is 5.36. The van der Waals surface area contributed by atoms with Gasteiger partial charge in [0, 0.05) is 17.7 Å². The van der Waals surface area contributed by atoms with Gasteiger partial charge >= 0.3 is 5.97 Å². The van der Waals surface area contributed by atoms with Crippen LogP contribution in [0.2, 0.25) is 0 Å². The van der Waals surface area contributed by atoms with Gasteiger partial charge in [-0.05, 0) is 19.3 Å². The van der Waals surface area contributed by atoms with Crippen molar-refractivity contribution in [1.82, 2.24) is 10.6 Å². The minimum atomic E-state index is -0.744. The van der Waals surface area contributed by atoms with E-state index in [-0.39, 0.29) is 23.9 Å². The van der Waals surface area contributed by atoms with Crippen LogP contribution >= 0.6 is 11.8 Å². The molecule has 1 heterocycles. The summed E-state index contributed by atoms with van der Waals surface area (Å²) in [5.74, 6) is 0.616. The first-order chi connectivity index (χ1) is 7.66. The van der Waals surface area contributed by atoms with Crippen LogP contribution in [0.25, 0.3) is 0 Å². The van der Waals surface area contributed by atoms with E-state index in [2.05, 4.69) is 10.6 Å². The summed E-state index contributed by atoms with van der Waals surface area (Å²) in [7, 11) is 0. The van der Waals surface area contributed by atoms with Gasteiger partial charge in [-0.3, -0.25) is 14.9 Å². The van der Waals surface area contributed by atoms with Crippen molar-refractivity contribution in [2.75, 3.05) is 11.6 Å². The summed E-state index contributed by atoms with van der Waals surface area (Å²) < 4.78 is 0. The topological polar surface area (TPSA) is 78.4 Å². The van der Waals surface area contributed by atoms with E-state index in [0.717, 1.165) is 18.1 Å². The van der Waals surface area contributed by atoms with Gasteiger partial charge in [-0.25, -0.2) is 0 Å². The molecule has 0 radical (unpaired) electrons. The Morgan fingerprint density at radius 1 is 1.38 bits per heavy atom. The van der Waals surface area contributed by atoms with E-state index in [9.17, 15) is 9.59 Å². The first-order valence-electron chi connectivity index (χ1n) is 5.51. The third-order valence-electron chi connectivity index (χ3n) is 3.16. The lowest BCUT2D eigenvalue weighted by molar-refractivity contribution is -0.141. The van der Waals surface area contributed by atoms with Gasteiger partial charge in [-0.2, -0.15) is 0 Å². The molecule has 90 valence electrons. The fourth-order valence-corrected chi connectivity index (χ4v) is 3.14. The highest BCUT2D eigenvalue weighted by Crippen LogP contribution is 2.25. The van der Waals surface area contributed by atoms with Crippen molar-refractivity contribution in [3.63, 3.8) is 0 Å². The quantitative estimate of drug-likeness (QED) is 0.652. The van der Waals surface area contributed by atoms with E-state index < -0.39 is 5.97 Å². The first-order valence-corrected chi connectivity index (χ1v) is 6.66. The van der Waals surface area contributed by atoms with E-state index in [1.54, 1.807) is 11.8 Å². The van der Waals surface area contributed by atoms with E-state index in [4.69, 9.17) is 5.11 Å². The Balaban J connectivity index is 1.78. The zero-order valence-electron chi connectivity index (χ0n) is 8.94. The molecule has 0 spiro atoms. The van der Waals surface area contributed by atoms with E-state index in [0.29, 0.717) is 12.8 Å². The average molecular weight is 244 g/mol. The van der Waals surface area contributed by atoms with Crippen molar-refractivity contribution in [2.45, 2.75) is 31.3 Å². The van der Waals surface area contributed by atoms with E-state index in [1.807, 2.05) is 0 Å². The number of thioether (sulfide) groups is 1. The molecule has 0 aromatic carbocycles. The predicted molar refractivity (Wildman–Crippen MR) is 61.2 cm³/mol. The van der Waals surface area contributed by atoms with Crippen LogP contribution in [-0.2, 0) is 9.59 Å². The lowest BCUT2D eigenvalue weighted by atomic mass is 10.1. The zero-order chi connectivity index (χ0) is 11.5. The fraction of sp³-hybridized carbons (Fsp3) is 0.800. The van der Waals surface area contributed by atoms with Crippen molar-refractivity contribution < 1.29 is 14.7 Å². The number of carboxylic acid groups (broad SMARTS) is 1. The number of rotatable bonds is 3. The molecule has 3 atom stereocenters. The third kappa shape index (κ3) is 2.68. The van der Waals surface area contributed by atoms with Crippen molar-refractivity contribution in [3.05, 3.63) is 0 Å². The van der Waals surface area contributed by atoms with Crippen LogP contribution in [0.3, 0.4) is 0 Å². The largest absolute Gasteiger partial charge is 0.481 e. The lowest BCUT2D eigenvalue weighted by Crippen LogP contribution is -2.45. The van der Waals surface area contributed by atoms with Crippen molar-refractivity contribution in [3.8, 4) is 0 Å². The van der Waals surface area contributed by atoms with Crippen LogP contribution in [0.1, 0.15) is 19.3 Å². The average Bonchev–Trinajstić information content (AvgIpc) is 2.87. The minimum absolute atomic E-state index is 0.0149. The minimum Gasteiger partial charge on any atom is -0.481 e. The molecule has 1 amide bonds. The molecule has 1 aliphatic heterocycles. The highest BCUT2D eigenvalue weighted by molar-refractivity contribution is 7.99. The monoisotopic (exact) mass is 244 g/mol. The number of amides is 1. The Bertz CT molecular complexity index is 292. The summed E-state index contributed by atoms with van der Waals surface area (Å²) in [4.78, 5) is 22.5. The number of carboxylic acids is 1. The van der Waals surface area contributed by atoms with Crippen LogP contribution in [0.15, 0.2) is 0 Å². The van der Waals surface area contributed by atoms with Gasteiger partial charge in [0.15, 0.2) is 0 Å². The van der Waals surface area contributed by atoms with E-state index >= 15 is 0 Å². The van der Waals surface area contributed by atoms with Gasteiger partial charge in [0.25, 0.3) is 0 Å². The van der Waals surface area contributed by atoms with Crippen LogP contribution in [-0.4, -0.2) is 40.7 Å². The van der Waals surface area contributed by atoms with Crippen molar-refractivity contribution in [1.29, 1.82) is 0 Å². The van der Waals surface area contributed by atoms with Crippen molar-refractivity contribution >= 4 is 23.6 Å². The van der Waals surface area contributed by atoms with Crippen LogP contribution in [0.5, 0.6) is 0 Å². The summed E-state index contributed by atoms with van der Waals surface area (Å²) in [5, 5.41) is 14.9. The summed E-state index contributed by atoms with van der Waals surface area (Å²) in [6.45, 7) is 0. The van der Waals surface area contributed by atoms with Gasteiger partial charge < -0.3 is 10.4 Å². The molecule has 3 N–H and O–H groups in total. The van der Waals surface area contributed by atoms with Crippen LogP contribution in [0, 0.1) is 5.92 Å². The summed E-state index contributed by atoms with van der Waals surface area (Å²) in [5.41, 5.74) is 0. The fourth-order valence-electron chi connectivity index (χ4n) is 2.20. The molecule has 1 unspecified atom stereocenters. The molecular formula is C10H16N2O3S. The van der Waals surface area contributed by atoms with Gasteiger partial charge in [-0.15, -0.1) is 11.8 Å². The Labute approximate surface area is 98.4 Å². The second-order valence-electron chi connectivity index (χ2n) is 4.33. The smallest absolute Gasteiger partial charge is 0.306 e. The Kier molecular flexibility index (Phi) is 3.70. The number of nitrogens with one attached hydrogen (secondary N) is 2. The SMILES string of the molecule is O=C(N[C@H]1CC[C@@H](C(=O)O)C1)C1CSCN1. The maximum Gasteiger partial charge on any atom is 0.306 e. The Hall–Kier alpha value is -0.750. The summed E-state index contributed by atoms with van der Waals surface area (Å²) in [6.07, 6.45) is 2.02. The van der Waals surface area contributed by atoms with Crippen molar-refractivity contribution in [2.24, 2.45) is 5.92 Å². The molecule has 5 nitrogen and oxygen atoms in total. The summed E-state index contributed by atoms with van der Waals surface area (Å²) in [6, 6.07) is -0.0603. The molecule has 1 aliphatic carbocycles. The van der Waals surface area contributed by atoms with E-state index in [1.165, 1.54) is 0 Å². The standard InChI is InChI=1S/C10H16N2O3S/c13-9(8-4-16-5-11-8)12-7-2-1-6(3-7)10(14)15/h6-8,11H,1-5H2,(H,12,13)(H,14,15)/t6-,7+,8?/m1/s1. The predicted octanol–water partition coefficient (Wildman–Crippen LogP) is 0.0184. The zero-order valence-corrected chi connectivity index (χ0v) is 9.76. The molecular weight excluding hydrogens is 228 g/mol. The lowest BCUT2D eigenvalue weighted by Gasteiger charge is -2.15. The number of carbonyl (C=O) groups excluding carboxylic acids is 1. The molecule has 0 aromatic rings. The van der Waals surface area contributed by atoms with Gasteiger partial charge in [0.05, 0.1) is 12.0 Å². The molecule has 2 fully saturated rings. The second kappa shape index (κ2) is 5.05. The van der Waals surface area contributed by atoms with Gasteiger partial charge in [-0.1, -0.05) is 0 Å². The molecule has 1 saturated carbocycles. The molecule has 1 saturated heterocycles. The van der Waals surface area contributed by atoms with Crippen LogP contribution < -0.4 is 10.6 Å². The molecule has 16 heavy (non-hydrogen) atoms. The number of hydrogen-bond donors (Lipinski definition) is 3. The Morgan fingerprint density at radius 2 is 2.19 bits per heavy atom. The molecule has 2 aliphatic rings. The van der Waals surface area contributed by atoms with Crippen LogP contribution in [0.4, 0.5) is 0 Å². The first kappa shape index (κ1) is 11.7. The molecule has 0 bridgehead atoms. The highest BCUT2D eigenvalue weighted by atomic mass is 32.2. The molecule has 2 rings (SSSR count). The number of aliphatic carboxylic acids is 1. The normalized spacial score (nSPS) is 33.9. The maximum atomic E-state index is 11.7. The van der Waals surface area contributed by atoms with Gasteiger partial charge in [0.1, 0.15) is 0 Å². The molecule has 6 heteroatoms. The maximum absolute atomic E-state index is 11.7. The third-order valence-corrected chi connectivity index (χ3v) is 4.10. The number of hydrogen-bond acceptors (Lipinski definition) is 4. The highest BCUT2D eigenvalue weighted by Gasteiger charge is 2.32. The Morgan fingerprint density at radius 3 is 2.75 bits per heavy atom. The van der Waals surface area contributed by atoms with Gasteiger partial charge in [0.2, 0.25) is 5.91 Å². The molecule has 0 aromatic heterocycles. The summed E-state index contributed by atoms with van der Waals surface area (Å²) >= 11 is 1.71.